The number of nitrogens with one attached hydrogen (secondary N) is 1. The Balaban J connectivity index is 2.57. The summed E-state index contributed by atoms with van der Waals surface area (Å²) in [5.74, 6) is 1.82. The highest BCUT2D eigenvalue weighted by Gasteiger charge is 2.03. The molecule has 0 amide bonds. The Kier molecular flexibility index (Phi) is 2.81. The van der Waals surface area contributed by atoms with E-state index in [1.807, 2.05) is 18.7 Å². The SMILES string of the molecule is Cc1nc(CNC(C)C)n(C)n1. The molecule has 0 aliphatic heterocycles. The summed E-state index contributed by atoms with van der Waals surface area (Å²) >= 11 is 0. The number of nitrogens with zero attached hydrogens (tertiary/aromatic N) is 3. The third-order valence-electron chi connectivity index (χ3n) is 1.63. The van der Waals surface area contributed by atoms with E-state index in [1.54, 1.807) is 0 Å². The van der Waals surface area contributed by atoms with Gasteiger partial charge in [0.25, 0.3) is 0 Å². The Morgan fingerprint density at radius 2 is 2.17 bits per heavy atom. The first kappa shape index (κ1) is 9.19. The molecule has 0 saturated heterocycles. The van der Waals surface area contributed by atoms with Crippen molar-refractivity contribution in [3.63, 3.8) is 0 Å². The second-order valence-electron chi connectivity index (χ2n) is 3.23. The van der Waals surface area contributed by atoms with Crippen molar-refractivity contribution in [1.29, 1.82) is 0 Å². The summed E-state index contributed by atoms with van der Waals surface area (Å²) < 4.78 is 1.81. The van der Waals surface area contributed by atoms with E-state index in [1.165, 1.54) is 0 Å². The second-order valence-corrected chi connectivity index (χ2v) is 3.23. The molecule has 0 atom stereocenters. The molecule has 0 aliphatic rings. The van der Waals surface area contributed by atoms with Gasteiger partial charge in [0.15, 0.2) is 0 Å². The Morgan fingerprint density at radius 3 is 2.58 bits per heavy atom. The van der Waals surface area contributed by atoms with Crippen molar-refractivity contribution < 1.29 is 0 Å². The standard InChI is InChI=1S/C8H16N4/c1-6(2)9-5-8-10-7(3)11-12(8)4/h6,9H,5H2,1-4H3. The van der Waals surface area contributed by atoms with Crippen molar-refractivity contribution in [2.75, 3.05) is 0 Å². The maximum absolute atomic E-state index is 4.27. The Hall–Kier alpha value is -0.900. The molecule has 1 aromatic rings. The highest BCUT2D eigenvalue weighted by atomic mass is 15.3. The van der Waals surface area contributed by atoms with E-state index >= 15 is 0 Å². The predicted molar refractivity (Wildman–Crippen MR) is 47.7 cm³/mol. The van der Waals surface area contributed by atoms with E-state index in [0.717, 1.165) is 18.2 Å². The third kappa shape index (κ3) is 2.30. The van der Waals surface area contributed by atoms with Gasteiger partial charge < -0.3 is 5.32 Å². The fraction of sp³-hybridized carbons (Fsp3) is 0.750. The van der Waals surface area contributed by atoms with Crippen LogP contribution in [0.2, 0.25) is 0 Å². The molecule has 0 aromatic carbocycles. The van der Waals surface area contributed by atoms with Crippen molar-refractivity contribution in [1.82, 2.24) is 20.1 Å². The van der Waals surface area contributed by atoms with Gasteiger partial charge in [0.2, 0.25) is 0 Å². The molecule has 1 heterocycles. The molecule has 4 heteroatoms. The van der Waals surface area contributed by atoms with Gasteiger partial charge in [-0.15, -0.1) is 0 Å². The first-order chi connectivity index (χ1) is 5.59. The molecule has 0 fully saturated rings. The zero-order valence-electron chi connectivity index (χ0n) is 8.13. The highest BCUT2D eigenvalue weighted by Crippen LogP contribution is 1.94. The van der Waals surface area contributed by atoms with Crippen LogP contribution in [0.4, 0.5) is 0 Å². The monoisotopic (exact) mass is 168 g/mol. The zero-order chi connectivity index (χ0) is 9.14. The van der Waals surface area contributed by atoms with Gasteiger partial charge in [0, 0.05) is 13.1 Å². The molecule has 0 unspecified atom stereocenters. The van der Waals surface area contributed by atoms with Gasteiger partial charge in [0.05, 0.1) is 6.54 Å². The summed E-state index contributed by atoms with van der Waals surface area (Å²) in [4.78, 5) is 4.27. The Labute approximate surface area is 73.0 Å². The zero-order valence-corrected chi connectivity index (χ0v) is 8.13. The van der Waals surface area contributed by atoms with Crippen molar-refractivity contribution in [2.24, 2.45) is 7.05 Å². The molecular weight excluding hydrogens is 152 g/mol. The van der Waals surface area contributed by atoms with Crippen molar-refractivity contribution in [3.8, 4) is 0 Å². The lowest BCUT2D eigenvalue weighted by Crippen LogP contribution is -2.23. The van der Waals surface area contributed by atoms with Crippen LogP contribution >= 0.6 is 0 Å². The smallest absolute Gasteiger partial charge is 0.147 e. The number of hydrogen-bond acceptors (Lipinski definition) is 3. The minimum Gasteiger partial charge on any atom is -0.308 e. The quantitative estimate of drug-likeness (QED) is 0.719. The van der Waals surface area contributed by atoms with Crippen LogP contribution in [0.1, 0.15) is 25.5 Å². The minimum atomic E-state index is 0.488. The van der Waals surface area contributed by atoms with Gasteiger partial charge >= 0.3 is 0 Å². The molecule has 0 bridgehead atoms. The van der Waals surface area contributed by atoms with Gasteiger partial charge in [-0.25, -0.2) is 4.98 Å². The Bertz CT molecular complexity index is 252. The molecule has 4 nitrogen and oxygen atoms in total. The van der Waals surface area contributed by atoms with Crippen LogP contribution in [-0.4, -0.2) is 20.8 Å². The Morgan fingerprint density at radius 1 is 1.50 bits per heavy atom. The molecule has 0 spiro atoms. The van der Waals surface area contributed by atoms with Gasteiger partial charge in [-0.1, -0.05) is 13.8 Å². The summed E-state index contributed by atoms with van der Waals surface area (Å²) in [6.45, 7) is 6.92. The predicted octanol–water partition coefficient (Wildman–Crippen LogP) is 0.622. The molecule has 0 aliphatic carbocycles. The lowest BCUT2D eigenvalue weighted by atomic mass is 10.4. The molecule has 0 radical (unpaired) electrons. The largest absolute Gasteiger partial charge is 0.308 e. The summed E-state index contributed by atoms with van der Waals surface area (Å²) in [5, 5.41) is 7.45. The number of hydrogen-bond donors (Lipinski definition) is 1. The molecule has 68 valence electrons. The van der Waals surface area contributed by atoms with Crippen LogP contribution in [0, 0.1) is 6.92 Å². The normalized spacial score (nSPS) is 11.1. The minimum absolute atomic E-state index is 0.488. The van der Waals surface area contributed by atoms with Crippen molar-refractivity contribution >= 4 is 0 Å². The number of aryl methyl sites for hydroxylation is 2. The lowest BCUT2D eigenvalue weighted by Gasteiger charge is -2.06. The van der Waals surface area contributed by atoms with Crippen LogP contribution in [0.3, 0.4) is 0 Å². The number of aromatic nitrogens is 3. The average Bonchev–Trinajstić information content (AvgIpc) is 2.26. The maximum Gasteiger partial charge on any atom is 0.147 e. The van der Waals surface area contributed by atoms with E-state index in [2.05, 4.69) is 29.2 Å². The summed E-state index contributed by atoms with van der Waals surface area (Å²) in [5.41, 5.74) is 0. The molecule has 1 N–H and O–H groups in total. The fourth-order valence-electron chi connectivity index (χ4n) is 1.01. The first-order valence-corrected chi connectivity index (χ1v) is 4.19. The van der Waals surface area contributed by atoms with Crippen LogP contribution in [0.5, 0.6) is 0 Å². The van der Waals surface area contributed by atoms with Crippen LogP contribution < -0.4 is 5.32 Å². The van der Waals surface area contributed by atoms with Crippen molar-refractivity contribution in [3.05, 3.63) is 11.6 Å². The van der Waals surface area contributed by atoms with Gasteiger partial charge in [-0.3, -0.25) is 4.68 Å². The summed E-state index contributed by atoms with van der Waals surface area (Å²) in [6.07, 6.45) is 0. The third-order valence-corrected chi connectivity index (χ3v) is 1.63. The van der Waals surface area contributed by atoms with E-state index in [0.29, 0.717) is 6.04 Å². The molecule has 1 aromatic heterocycles. The fourth-order valence-corrected chi connectivity index (χ4v) is 1.01. The highest BCUT2D eigenvalue weighted by molar-refractivity contribution is 4.89. The molecule has 0 saturated carbocycles. The van der Waals surface area contributed by atoms with Gasteiger partial charge in [-0.2, -0.15) is 5.10 Å². The van der Waals surface area contributed by atoms with E-state index in [-0.39, 0.29) is 0 Å². The topological polar surface area (TPSA) is 42.7 Å². The van der Waals surface area contributed by atoms with Crippen LogP contribution in [0.15, 0.2) is 0 Å². The number of rotatable bonds is 3. The average molecular weight is 168 g/mol. The van der Waals surface area contributed by atoms with E-state index in [9.17, 15) is 0 Å². The molecule has 1 rings (SSSR count). The van der Waals surface area contributed by atoms with E-state index in [4.69, 9.17) is 0 Å². The maximum atomic E-state index is 4.27. The molecular formula is C8H16N4. The lowest BCUT2D eigenvalue weighted by molar-refractivity contribution is 0.551. The summed E-state index contributed by atoms with van der Waals surface area (Å²) in [7, 11) is 1.91. The van der Waals surface area contributed by atoms with Gasteiger partial charge in [-0.05, 0) is 6.92 Å². The van der Waals surface area contributed by atoms with Crippen LogP contribution in [-0.2, 0) is 13.6 Å². The molecule has 12 heavy (non-hydrogen) atoms. The van der Waals surface area contributed by atoms with E-state index < -0.39 is 0 Å². The first-order valence-electron chi connectivity index (χ1n) is 4.19. The van der Waals surface area contributed by atoms with Crippen LogP contribution in [0.25, 0.3) is 0 Å². The summed E-state index contributed by atoms with van der Waals surface area (Å²) in [6, 6.07) is 0.488. The van der Waals surface area contributed by atoms with Gasteiger partial charge in [0.1, 0.15) is 11.6 Å². The second kappa shape index (κ2) is 3.67. The van der Waals surface area contributed by atoms with Crippen molar-refractivity contribution in [2.45, 2.75) is 33.4 Å².